The lowest BCUT2D eigenvalue weighted by Crippen LogP contribution is -2.59. The molecular weight excluding hydrogens is 308 g/mol. The number of fused-ring (bicyclic) bond motifs is 1. The zero-order valence-corrected chi connectivity index (χ0v) is 14.4. The highest BCUT2D eigenvalue weighted by Gasteiger charge is 2.50. The molecule has 0 spiro atoms. The van der Waals surface area contributed by atoms with Crippen molar-refractivity contribution >= 4 is 12.2 Å². The van der Waals surface area contributed by atoms with Crippen LogP contribution in [-0.4, -0.2) is 53.3 Å². The SMILES string of the molecule is CC(C)(C)OC(=O)N1C[C@H]2CN(C(=O)OCc3ccccc3)C[C@@H]21. The summed E-state index contributed by atoms with van der Waals surface area (Å²) < 4.78 is 10.8. The van der Waals surface area contributed by atoms with Gasteiger partial charge in [0, 0.05) is 25.6 Å². The van der Waals surface area contributed by atoms with E-state index in [1.807, 2.05) is 51.1 Å². The zero-order valence-electron chi connectivity index (χ0n) is 14.4. The van der Waals surface area contributed by atoms with E-state index in [1.165, 1.54) is 0 Å². The highest BCUT2D eigenvalue weighted by Crippen LogP contribution is 2.33. The van der Waals surface area contributed by atoms with Gasteiger partial charge in [-0.2, -0.15) is 0 Å². The molecule has 0 unspecified atom stereocenters. The van der Waals surface area contributed by atoms with Crippen LogP contribution in [0.1, 0.15) is 26.3 Å². The molecule has 0 aliphatic carbocycles. The number of hydrogen-bond donors (Lipinski definition) is 0. The standard InChI is InChI=1S/C18H24N2O4/c1-18(2,3)24-17(22)20-10-14-9-19(11-15(14)20)16(21)23-12-13-7-5-4-6-8-13/h4-8,14-15H,9-12H2,1-3H3/t14-,15+/m1/s1. The average molecular weight is 332 g/mol. The highest BCUT2D eigenvalue weighted by molar-refractivity contribution is 5.72. The van der Waals surface area contributed by atoms with Crippen molar-refractivity contribution in [1.82, 2.24) is 9.80 Å². The van der Waals surface area contributed by atoms with E-state index in [1.54, 1.807) is 9.80 Å². The monoisotopic (exact) mass is 332 g/mol. The van der Waals surface area contributed by atoms with Crippen LogP contribution in [0.2, 0.25) is 0 Å². The lowest BCUT2D eigenvalue weighted by atomic mass is 9.93. The average Bonchev–Trinajstić information content (AvgIpc) is 2.81. The van der Waals surface area contributed by atoms with E-state index in [0.717, 1.165) is 5.56 Å². The molecule has 24 heavy (non-hydrogen) atoms. The van der Waals surface area contributed by atoms with Crippen molar-refractivity contribution in [3.05, 3.63) is 35.9 Å². The summed E-state index contributed by atoms with van der Waals surface area (Å²) >= 11 is 0. The lowest BCUT2D eigenvalue weighted by molar-refractivity contribution is -0.0165. The Labute approximate surface area is 142 Å². The number of hydrogen-bond acceptors (Lipinski definition) is 4. The summed E-state index contributed by atoms with van der Waals surface area (Å²) in [6, 6.07) is 9.64. The maximum Gasteiger partial charge on any atom is 0.410 e. The van der Waals surface area contributed by atoms with Gasteiger partial charge in [0.2, 0.25) is 0 Å². The van der Waals surface area contributed by atoms with Crippen molar-refractivity contribution < 1.29 is 19.1 Å². The number of ether oxygens (including phenoxy) is 2. The Bertz CT molecular complexity index is 611. The van der Waals surface area contributed by atoms with Gasteiger partial charge in [-0.05, 0) is 26.3 Å². The molecule has 2 aliphatic heterocycles. The van der Waals surface area contributed by atoms with Crippen molar-refractivity contribution in [2.24, 2.45) is 5.92 Å². The molecule has 2 heterocycles. The number of amides is 2. The molecule has 1 aromatic carbocycles. The predicted molar refractivity (Wildman–Crippen MR) is 88.4 cm³/mol. The Kier molecular flexibility index (Phi) is 4.39. The summed E-state index contributed by atoms with van der Waals surface area (Å²) in [5.41, 5.74) is 0.457. The Balaban J connectivity index is 1.49. The van der Waals surface area contributed by atoms with Crippen LogP contribution in [0.5, 0.6) is 0 Å². The Morgan fingerprint density at radius 2 is 1.79 bits per heavy atom. The van der Waals surface area contributed by atoms with Gasteiger partial charge < -0.3 is 19.3 Å². The zero-order chi connectivity index (χ0) is 17.3. The number of benzene rings is 1. The van der Waals surface area contributed by atoms with E-state index in [9.17, 15) is 9.59 Å². The van der Waals surface area contributed by atoms with Crippen LogP contribution >= 0.6 is 0 Å². The molecule has 130 valence electrons. The molecule has 6 heteroatoms. The molecule has 1 aromatic rings. The third kappa shape index (κ3) is 3.63. The Morgan fingerprint density at radius 3 is 2.46 bits per heavy atom. The molecule has 2 amide bonds. The van der Waals surface area contributed by atoms with Gasteiger partial charge in [-0.25, -0.2) is 9.59 Å². The van der Waals surface area contributed by atoms with E-state index in [4.69, 9.17) is 9.47 Å². The molecule has 2 atom stereocenters. The Hall–Kier alpha value is -2.24. The van der Waals surface area contributed by atoms with Crippen molar-refractivity contribution in [3.8, 4) is 0 Å². The smallest absolute Gasteiger partial charge is 0.410 e. The predicted octanol–water partition coefficient (Wildman–Crippen LogP) is 2.87. The van der Waals surface area contributed by atoms with Crippen LogP contribution < -0.4 is 0 Å². The van der Waals surface area contributed by atoms with Gasteiger partial charge in [0.15, 0.2) is 0 Å². The van der Waals surface area contributed by atoms with Crippen LogP contribution in [-0.2, 0) is 16.1 Å². The molecule has 2 saturated heterocycles. The van der Waals surface area contributed by atoms with Gasteiger partial charge in [-0.3, -0.25) is 0 Å². The maximum absolute atomic E-state index is 12.2. The second kappa shape index (κ2) is 6.34. The van der Waals surface area contributed by atoms with Crippen LogP contribution in [0.15, 0.2) is 30.3 Å². The molecule has 2 aliphatic rings. The fraction of sp³-hybridized carbons (Fsp3) is 0.556. The molecule has 0 aromatic heterocycles. The summed E-state index contributed by atoms with van der Waals surface area (Å²) in [7, 11) is 0. The number of likely N-dealkylation sites (tertiary alicyclic amines) is 2. The van der Waals surface area contributed by atoms with E-state index in [2.05, 4.69) is 0 Å². The second-order valence-corrected chi connectivity index (χ2v) is 7.41. The minimum Gasteiger partial charge on any atom is -0.445 e. The van der Waals surface area contributed by atoms with Gasteiger partial charge in [0.05, 0.1) is 6.04 Å². The number of carbonyl (C=O) groups is 2. The number of carbonyl (C=O) groups excluding carboxylic acids is 2. The molecule has 0 N–H and O–H groups in total. The minimum absolute atomic E-state index is 0.0455. The van der Waals surface area contributed by atoms with Gasteiger partial charge >= 0.3 is 12.2 Å². The highest BCUT2D eigenvalue weighted by atomic mass is 16.6. The summed E-state index contributed by atoms with van der Waals surface area (Å²) in [4.78, 5) is 27.7. The largest absolute Gasteiger partial charge is 0.445 e. The summed E-state index contributed by atoms with van der Waals surface area (Å²) in [5, 5.41) is 0. The van der Waals surface area contributed by atoms with Gasteiger partial charge in [-0.15, -0.1) is 0 Å². The minimum atomic E-state index is -0.505. The molecular formula is C18H24N2O4. The van der Waals surface area contributed by atoms with Gasteiger partial charge in [0.25, 0.3) is 0 Å². The lowest BCUT2D eigenvalue weighted by Gasteiger charge is -2.43. The van der Waals surface area contributed by atoms with Crippen molar-refractivity contribution in [1.29, 1.82) is 0 Å². The second-order valence-electron chi connectivity index (χ2n) is 7.41. The first kappa shape index (κ1) is 16.6. The third-order valence-corrected chi connectivity index (χ3v) is 4.33. The molecule has 3 rings (SSSR count). The Morgan fingerprint density at radius 1 is 1.08 bits per heavy atom. The van der Waals surface area contributed by atoms with Crippen LogP contribution in [0, 0.1) is 5.92 Å². The summed E-state index contributed by atoms with van der Waals surface area (Å²) in [6.45, 7) is 7.61. The quantitative estimate of drug-likeness (QED) is 0.835. The fourth-order valence-corrected chi connectivity index (χ4v) is 3.13. The van der Waals surface area contributed by atoms with Crippen molar-refractivity contribution in [3.63, 3.8) is 0 Å². The van der Waals surface area contributed by atoms with E-state index >= 15 is 0 Å². The maximum atomic E-state index is 12.2. The first-order valence-electron chi connectivity index (χ1n) is 8.29. The molecule has 6 nitrogen and oxygen atoms in total. The molecule has 0 bridgehead atoms. The molecule has 2 fully saturated rings. The topological polar surface area (TPSA) is 59.1 Å². The van der Waals surface area contributed by atoms with Crippen LogP contribution in [0.25, 0.3) is 0 Å². The van der Waals surface area contributed by atoms with E-state index < -0.39 is 5.60 Å². The molecule has 0 saturated carbocycles. The first-order chi connectivity index (χ1) is 11.3. The number of nitrogens with zero attached hydrogens (tertiary/aromatic N) is 2. The van der Waals surface area contributed by atoms with Crippen LogP contribution in [0.3, 0.4) is 0 Å². The summed E-state index contributed by atoms with van der Waals surface area (Å²) in [6.07, 6.45) is -0.624. The fourth-order valence-electron chi connectivity index (χ4n) is 3.13. The van der Waals surface area contributed by atoms with Gasteiger partial charge in [0.1, 0.15) is 12.2 Å². The normalized spacial score (nSPS) is 22.6. The first-order valence-corrected chi connectivity index (χ1v) is 8.29. The van der Waals surface area contributed by atoms with Crippen molar-refractivity contribution in [2.45, 2.75) is 39.0 Å². The number of rotatable bonds is 2. The van der Waals surface area contributed by atoms with Crippen LogP contribution in [0.4, 0.5) is 9.59 Å². The molecule has 0 radical (unpaired) electrons. The van der Waals surface area contributed by atoms with Crippen molar-refractivity contribution in [2.75, 3.05) is 19.6 Å². The van der Waals surface area contributed by atoms with E-state index in [-0.39, 0.29) is 24.8 Å². The summed E-state index contributed by atoms with van der Waals surface area (Å²) in [5.74, 6) is 0.321. The van der Waals surface area contributed by atoms with Gasteiger partial charge in [-0.1, -0.05) is 30.3 Å². The third-order valence-electron chi connectivity index (χ3n) is 4.33. The van der Waals surface area contributed by atoms with E-state index in [0.29, 0.717) is 25.6 Å².